The van der Waals surface area contributed by atoms with E-state index in [-0.39, 0.29) is 11.8 Å². The fourth-order valence-corrected chi connectivity index (χ4v) is 2.23. The van der Waals surface area contributed by atoms with Crippen molar-refractivity contribution in [3.8, 4) is 0 Å². The minimum Gasteiger partial charge on any atom is -0.400 e. The highest BCUT2D eigenvalue weighted by molar-refractivity contribution is 5.13. The summed E-state index contributed by atoms with van der Waals surface area (Å²) in [6.07, 6.45) is 2.36. The summed E-state index contributed by atoms with van der Waals surface area (Å²) in [5, 5.41) is 23.2. The smallest absolute Gasteiger partial charge is 0.156 e. The molecule has 0 spiro atoms. The van der Waals surface area contributed by atoms with Crippen LogP contribution >= 0.6 is 0 Å². The Kier molecular flexibility index (Phi) is 11.1. The Morgan fingerprint density at radius 2 is 1.72 bits per heavy atom. The Morgan fingerprint density at radius 1 is 1.20 bits per heavy atom. The number of aliphatic hydroxyl groups excluding tert-OH is 1. The topological polar surface area (TPSA) is 82.4 Å². The van der Waals surface area contributed by atoms with Gasteiger partial charge in [-0.05, 0) is 53.3 Å². The van der Waals surface area contributed by atoms with Crippen LogP contribution in [-0.2, 0) is 16.1 Å². The van der Waals surface area contributed by atoms with Gasteiger partial charge >= 0.3 is 0 Å². The summed E-state index contributed by atoms with van der Waals surface area (Å²) in [5.74, 6) is -1.50. The maximum Gasteiger partial charge on any atom is 0.156 e. The molecule has 0 bridgehead atoms. The predicted molar refractivity (Wildman–Crippen MR) is 99.0 cm³/mol. The number of benzene rings is 1. The average molecular weight is 357 g/mol. The van der Waals surface area contributed by atoms with Crippen LogP contribution in [0.3, 0.4) is 0 Å². The zero-order valence-corrected chi connectivity index (χ0v) is 16.4. The lowest BCUT2D eigenvalue weighted by Crippen LogP contribution is -2.41. The molecule has 1 aromatic carbocycles. The highest BCUT2D eigenvalue weighted by Gasteiger charge is 2.37. The molecule has 1 aromatic rings. The maximum atomic E-state index is 8.08. The Morgan fingerprint density at radius 3 is 2.16 bits per heavy atom. The monoisotopic (exact) mass is 357 g/mol. The number of hydrogen-bond acceptors (Lipinski definition) is 6. The van der Waals surface area contributed by atoms with E-state index in [9.17, 15) is 0 Å². The van der Waals surface area contributed by atoms with Crippen molar-refractivity contribution in [3.05, 3.63) is 35.9 Å². The predicted octanol–water partition coefficient (Wildman–Crippen LogP) is 1.98. The van der Waals surface area contributed by atoms with Crippen LogP contribution in [0.2, 0.25) is 0 Å². The van der Waals surface area contributed by atoms with E-state index in [0.717, 1.165) is 20.0 Å². The van der Waals surface area contributed by atoms with Gasteiger partial charge in [0.25, 0.3) is 0 Å². The first kappa shape index (κ1) is 24.0. The molecule has 146 valence electrons. The molecule has 0 amide bonds. The first-order valence-electron chi connectivity index (χ1n) is 8.46. The normalized spacial score (nSPS) is 22.7. The van der Waals surface area contributed by atoms with Gasteiger partial charge in [0.15, 0.2) is 5.79 Å². The Bertz CT molecular complexity index is 441. The lowest BCUT2D eigenvalue weighted by molar-refractivity contribution is -0.131. The third-order valence-electron chi connectivity index (χ3n) is 3.71. The van der Waals surface area contributed by atoms with Crippen LogP contribution < -0.4 is 0 Å². The highest BCUT2D eigenvalue weighted by atomic mass is 16.6. The van der Waals surface area contributed by atoms with Crippen LogP contribution in [0.15, 0.2) is 30.3 Å². The van der Waals surface area contributed by atoms with Gasteiger partial charge in [0.2, 0.25) is 0 Å². The van der Waals surface area contributed by atoms with Crippen molar-refractivity contribution in [2.24, 2.45) is 0 Å². The van der Waals surface area contributed by atoms with Crippen molar-refractivity contribution in [1.29, 1.82) is 0 Å². The zero-order chi connectivity index (χ0) is 19.5. The van der Waals surface area contributed by atoms with E-state index in [4.69, 9.17) is 24.8 Å². The summed E-state index contributed by atoms with van der Waals surface area (Å²) in [4.78, 5) is 2.14. The second-order valence-electron chi connectivity index (χ2n) is 6.84. The molecule has 2 atom stereocenters. The SMILES string of the molecule is CC(C)(O)O.CN(C)C1(C)CCC(COCc2ccccc2)O1.CO. The molecule has 0 saturated carbocycles. The zero-order valence-electron chi connectivity index (χ0n) is 16.4. The van der Waals surface area contributed by atoms with E-state index in [1.165, 1.54) is 19.4 Å². The average Bonchev–Trinajstić information content (AvgIpc) is 2.92. The molecule has 2 rings (SSSR count). The lowest BCUT2D eigenvalue weighted by atomic mass is 10.1. The molecular weight excluding hydrogens is 322 g/mol. The van der Waals surface area contributed by atoms with E-state index in [1.807, 2.05) is 18.2 Å². The van der Waals surface area contributed by atoms with Crippen molar-refractivity contribution in [2.45, 2.75) is 57.8 Å². The van der Waals surface area contributed by atoms with E-state index in [2.05, 4.69) is 38.1 Å². The summed E-state index contributed by atoms with van der Waals surface area (Å²) in [6, 6.07) is 10.3. The fraction of sp³-hybridized carbons (Fsp3) is 0.684. The standard InChI is InChI=1S/C15H23NO2.C3H8O2.CH4O/c1-15(16(2)3)10-9-14(18-15)12-17-11-13-7-5-4-6-8-13;1-3(2,4)5;1-2/h4-8,14H,9-12H2,1-3H3;4-5H,1-2H3;2H,1H3. The minimum absolute atomic E-state index is 0.124. The number of ether oxygens (including phenoxy) is 2. The van der Waals surface area contributed by atoms with E-state index >= 15 is 0 Å². The van der Waals surface area contributed by atoms with Crippen LogP contribution in [0.4, 0.5) is 0 Å². The van der Waals surface area contributed by atoms with E-state index in [1.54, 1.807) is 0 Å². The summed E-state index contributed by atoms with van der Waals surface area (Å²) in [7, 11) is 5.13. The number of aliphatic hydroxyl groups is 3. The molecule has 1 heterocycles. The van der Waals surface area contributed by atoms with Gasteiger partial charge in [-0.2, -0.15) is 0 Å². The molecule has 0 aliphatic carbocycles. The van der Waals surface area contributed by atoms with Gasteiger partial charge in [-0.3, -0.25) is 4.90 Å². The van der Waals surface area contributed by atoms with Crippen molar-refractivity contribution >= 4 is 0 Å². The van der Waals surface area contributed by atoms with Crippen molar-refractivity contribution in [3.63, 3.8) is 0 Å². The Labute approximate surface area is 152 Å². The molecule has 3 N–H and O–H groups in total. The van der Waals surface area contributed by atoms with Gasteiger partial charge in [0.05, 0.1) is 19.3 Å². The summed E-state index contributed by atoms with van der Waals surface area (Å²) < 4.78 is 11.8. The van der Waals surface area contributed by atoms with Gasteiger partial charge < -0.3 is 24.8 Å². The molecule has 0 radical (unpaired) electrons. The third kappa shape index (κ3) is 11.3. The summed E-state index contributed by atoms with van der Waals surface area (Å²) in [5.41, 5.74) is 1.09. The molecule has 1 aliphatic rings. The molecule has 6 heteroatoms. The Balaban J connectivity index is 0.000000710. The quantitative estimate of drug-likeness (QED) is 0.699. The van der Waals surface area contributed by atoms with Crippen LogP contribution in [0.5, 0.6) is 0 Å². The second kappa shape index (κ2) is 11.6. The van der Waals surface area contributed by atoms with Gasteiger partial charge in [0, 0.05) is 7.11 Å². The molecule has 1 saturated heterocycles. The molecule has 25 heavy (non-hydrogen) atoms. The molecular formula is C19H35NO5. The van der Waals surface area contributed by atoms with Gasteiger partial charge in [-0.25, -0.2) is 0 Å². The molecule has 1 aliphatic heterocycles. The third-order valence-corrected chi connectivity index (χ3v) is 3.71. The molecule has 1 fully saturated rings. The number of hydrogen-bond donors (Lipinski definition) is 3. The van der Waals surface area contributed by atoms with Gasteiger partial charge in [-0.1, -0.05) is 30.3 Å². The largest absolute Gasteiger partial charge is 0.400 e. The van der Waals surface area contributed by atoms with Crippen LogP contribution in [0.25, 0.3) is 0 Å². The molecule has 0 aromatic heterocycles. The van der Waals surface area contributed by atoms with Crippen molar-refractivity contribution < 1.29 is 24.8 Å². The first-order valence-corrected chi connectivity index (χ1v) is 8.46. The van der Waals surface area contributed by atoms with Crippen molar-refractivity contribution in [1.82, 2.24) is 4.90 Å². The van der Waals surface area contributed by atoms with Gasteiger partial charge in [-0.15, -0.1) is 0 Å². The number of rotatable bonds is 5. The molecule has 2 unspecified atom stereocenters. The van der Waals surface area contributed by atoms with E-state index in [0.29, 0.717) is 13.2 Å². The summed E-state index contributed by atoms with van der Waals surface area (Å²) >= 11 is 0. The second-order valence-corrected chi connectivity index (χ2v) is 6.84. The Hall–Kier alpha value is -1.02. The lowest BCUT2D eigenvalue weighted by Gasteiger charge is -2.32. The number of nitrogens with zero attached hydrogens (tertiary/aromatic N) is 1. The maximum absolute atomic E-state index is 8.08. The first-order chi connectivity index (χ1) is 11.6. The minimum atomic E-state index is -1.50. The fourth-order valence-electron chi connectivity index (χ4n) is 2.23. The van der Waals surface area contributed by atoms with Crippen LogP contribution in [0.1, 0.15) is 39.2 Å². The summed E-state index contributed by atoms with van der Waals surface area (Å²) in [6.45, 7) is 6.09. The van der Waals surface area contributed by atoms with Gasteiger partial charge in [0.1, 0.15) is 5.72 Å². The van der Waals surface area contributed by atoms with Crippen LogP contribution in [-0.4, -0.2) is 65.6 Å². The van der Waals surface area contributed by atoms with Crippen molar-refractivity contribution in [2.75, 3.05) is 27.8 Å². The highest BCUT2D eigenvalue weighted by Crippen LogP contribution is 2.31. The molecule has 6 nitrogen and oxygen atoms in total. The van der Waals surface area contributed by atoms with Crippen LogP contribution in [0, 0.1) is 0 Å². The van der Waals surface area contributed by atoms with E-state index < -0.39 is 5.79 Å².